The van der Waals surface area contributed by atoms with Crippen LogP contribution in [0.4, 0.5) is 0 Å². The average molecular weight is 260 g/mol. The van der Waals surface area contributed by atoms with Gasteiger partial charge in [-0.05, 0) is 18.1 Å². The predicted octanol–water partition coefficient (Wildman–Crippen LogP) is 2.40. The summed E-state index contributed by atoms with van der Waals surface area (Å²) in [6, 6.07) is 6.46. The number of rotatable bonds is 4. The lowest BCUT2D eigenvalue weighted by atomic mass is 10.2. The van der Waals surface area contributed by atoms with Crippen molar-refractivity contribution in [2.45, 2.75) is 20.4 Å². The van der Waals surface area contributed by atoms with Crippen LogP contribution in [0.5, 0.6) is 17.4 Å². The smallest absolute Gasteiger partial charge is 0.313 e. The number of phenols is 1. The van der Waals surface area contributed by atoms with Gasteiger partial charge in [-0.3, -0.25) is 4.79 Å². The van der Waals surface area contributed by atoms with E-state index in [1.54, 1.807) is 29.0 Å². The fraction of sp³-hybridized carbons (Fsp3) is 0.286. The Balaban J connectivity index is 2.31. The molecule has 0 aliphatic rings. The molecule has 0 bridgehead atoms. The van der Waals surface area contributed by atoms with Crippen molar-refractivity contribution in [3.8, 4) is 17.4 Å². The minimum Gasteiger partial charge on any atom is -0.504 e. The summed E-state index contributed by atoms with van der Waals surface area (Å²) >= 11 is 0. The summed E-state index contributed by atoms with van der Waals surface area (Å²) in [7, 11) is 0. The second kappa shape index (κ2) is 5.56. The topological polar surface area (TPSA) is 64.3 Å². The van der Waals surface area contributed by atoms with E-state index in [4.69, 9.17) is 4.74 Å². The largest absolute Gasteiger partial charge is 0.504 e. The molecule has 5 nitrogen and oxygen atoms in total. The molecule has 0 amide bonds. The molecule has 1 heterocycles. The summed E-state index contributed by atoms with van der Waals surface area (Å²) in [5.74, 6) is 0.500. The molecule has 5 heteroatoms. The third-order valence-corrected chi connectivity index (χ3v) is 2.52. The van der Waals surface area contributed by atoms with Gasteiger partial charge >= 0.3 is 5.56 Å². The van der Waals surface area contributed by atoms with E-state index in [1.165, 1.54) is 12.3 Å². The molecule has 2 rings (SSSR count). The zero-order chi connectivity index (χ0) is 13.8. The molecular weight excluding hydrogens is 244 g/mol. The fourth-order valence-corrected chi connectivity index (χ4v) is 1.68. The minimum atomic E-state index is -0.306. The summed E-state index contributed by atoms with van der Waals surface area (Å²) < 4.78 is 6.92. The van der Waals surface area contributed by atoms with E-state index in [-0.39, 0.29) is 22.9 Å². The minimum absolute atomic E-state index is 0.0250. The molecule has 0 aliphatic carbocycles. The Kier molecular flexibility index (Phi) is 3.85. The van der Waals surface area contributed by atoms with Crippen LogP contribution in [0.3, 0.4) is 0 Å². The monoisotopic (exact) mass is 260 g/mol. The number of hydrogen-bond acceptors (Lipinski definition) is 4. The lowest BCUT2D eigenvalue weighted by Crippen LogP contribution is -2.23. The number of nitrogens with zero attached hydrogens (tertiary/aromatic N) is 2. The van der Waals surface area contributed by atoms with Crippen molar-refractivity contribution in [1.29, 1.82) is 0 Å². The Hall–Kier alpha value is -2.30. The van der Waals surface area contributed by atoms with Crippen LogP contribution >= 0.6 is 0 Å². The lowest BCUT2D eigenvalue weighted by Gasteiger charge is -2.10. The molecule has 2 aromatic rings. The van der Waals surface area contributed by atoms with E-state index < -0.39 is 0 Å². The van der Waals surface area contributed by atoms with Gasteiger partial charge in [0.1, 0.15) is 0 Å². The van der Waals surface area contributed by atoms with Crippen molar-refractivity contribution >= 4 is 0 Å². The Morgan fingerprint density at radius 1 is 1.37 bits per heavy atom. The van der Waals surface area contributed by atoms with Crippen LogP contribution in [-0.2, 0) is 6.54 Å². The van der Waals surface area contributed by atoms with Gasteiger partial charge in [0.2, 0.25) is 0 Å². The molecule has 0 spiro atoms. The number of ether oxygens (including phenoxy) is 1. The molecule has 19 heavy (non-hydrogen) atoms. The highest BCUT2D eigenvalue weighted by Gasteiger charge is 2.10. The summed E-state index contributed by atoms with van der Waals surface area (Å²) in [5.41, 5.74) is -0.306. The molecule has 0 unspecified atom stereocenters. The van der Waals surface area contributed by atoms with E-state index in [2.05, 4.69) is 4.98 Å². The van der Waals surface area contributed by atoms with E-state index in [0.29, 0.717) is 12.5 Å². The number of phenolic OH excluding ortho intramolecular Hbond substituents is 1. The molecule has 1 N–H and O–H groups in total. The summed E-state index contributed by atoms with van der Waals surface area (Å²) in [5, 5.41) is 9.62. The SMILES string of the molecule is CC(C)Cn1ccnc(Oc2ccccc2O)c1=O. The van der Waals surface area contributed by atoms with Crippen molar-refractivity contribution in [2.24, 2.45) is 5.92 Å². The van der Waals surface area contributed by atoms with Crippen molar-refractivity contribution < 1.29 is 9.84 Å². The highest BCUT2D eigenvalue weighted by atomic mass is 16.5. The molecule has 0 aliphatic heterocycles. The van der Waals surface area contributed by atoms with Crippen LogP contribution in [0.2, 0.25) is 0 Å². The fourth-order valence-electron chi connectivity index (χ4n) is 1.68. The van der Waals surface area contributed by atoms with Gasteiger partial charge < -0.3 is 14.4 Å². The van der Waals surface area contributed by atoms with E-state index >= 15 is 0 Å². The number of aromatic hydroxyl groups is 1. The van der Waals surface area contributed by atoms with Crippen molar-refractivity contribution in [1.82, 2.24) is 9.55 Å². The Morgan fingerprint density at radius 2 is 2.11 bits per heavy atom. The van der Waals surface area contributed by atoms with Gasteiger partial charge in [-0.15, -0.1) is 0 Å². The quantitative estimate of drug-likeness (QED) is 0.916. The number of para-hydroxylation sites is 2. The first-order valence-electron chi connectivity index (χ1n) is 6.09. The van der Waals surface area contributed by atoms with Crippen molar-refractivity contribution in [3.63, 3.8) is 0 Å². The maximum Gasteiger partial charge on any atom is 0.313 e. The van der Waals surface area contributed by atoms with Gasteiger partial charge in [-0.1, -0.05) is 26.0 Å². The Labute approximate surface area is 111 Å². The third kappa shape index (κ3) is 3.13. The molecule has 0 saturated heterocycles. The van der Waals surface area contributed by atoms with Gasteiger partial charge in [-0.25, -0.2) is 4.98 Å². The van der Waals surface area contributed by atoms with E-state index in [0.717, 1.165) is 0 Å². The second-order valence-electron chi connectivity index (χ2n) is 4.65. The molecule has 0 atom stereocenters. The van der Waals surface area contributed by atoms with Gasteiger partial charge in [0.15, 0.2) is 11.5 Å². The number of aromatic nitrogens is 2. The Morgan fingerprint density at radius 3 is 2.79 bits per heavy atom. The average Bonchev–Trinajstić information content (AvgIpc) is 2.36. The lowest BCUT2D eigenvalue weighted by molar-refractivity contribution is 0.391. The first-order valence-corrected chi connectivity index (χ1v) is 6.09. The van der Waals surface area contributed by atoms with Crippen molar-refractivity contribution in [2.75, 3.05) is 0 Å². The molecule has 0 fully saturated rings. The molecule has 1 aromatic heterocycles. The normalized spacial score (nSPS) is 10.7. The van der Waals surface area contributed by atoms with Gasteiger partial charge in [-0.2, -0.15) is 0 Å². The molecule has 100 valence electrons. The zero-order valence-electron chi connectivity index (χ0n) is 10.9. The Bertz CT molecular complexity index is 620. The standard InChI is InChI=1S/C14H16N2O3/c1-10(2)9-16-8-7-15-13(14(16)18)19-12-6-4-3-5-11(12)17/h3-8,10,17H,9H2,1-2H3. The van der Waals surface area contributed by atoms with Crippen LogP contribution < -0.4 is 10.3 Å². The third-order valence-electron chi connectivity index (χ3n) is 2.52. The summed E-state index contributed by atoms with van der Waals surface area (Å²) in [4.78, 5) is 16.0. The van der Waals surface area contributed by atoms with Crippen LogP contribution in [0.25, 0.3) is 0 Å². The highest BCUT2D eigenvalue weighted by Crippen LogP contribution is 2.27. The van der Waals surface area contributed by atoms with E-state index in [1.807, 2.05) is 13.8 Å². The summed E-state index contributed by atoms with van der Waals surface area (Å²) in [6.45, 7) is 4.64. The second-order valence-corrected chi connectivity index (χ2v) is 4.65. The summed E-state index contributed by atoms with van der Waals surface area (Å²) in [6.07, 6.45) is 3.14. The first-order chi connectivity index (χ1) is 9.08. The molecule has 1 aromatic carbocycles. The number of benzene rings is 1. The van der Waals surface area contributed by atoms with Gasteiger partial charge in [0.25, 0.3) is 5.88 Å². The predicted molar refractivity (Wildman–Crippen MR) is 71.5 cm³/mol. The number of hydrogen-bond donors (Lipinski definition) is 1. The van der Waals surface area contributed by atoms with Crippen LogP contribution in [-0.4, -0.2) is 14.7 Å². The molecule has 0 saturated carbocycles. The van der Waals surface area contributed by atoms with E-state index in [9.17, 15) is 9.90 Å². The van der Waals surface area contributed by atoms with Crippen LogP contribution in [0, 0.1) is 5.92 Å². The van der Waals surface area contributed by atoms with Crippen LogP contribution in [0.15, 0.2) is 41.5 Å². The maximum absolute atomic E-state index is 12.1. The van der Waals surface area contributed by atoms with Gasteiger partial charge in [0.05, 0.1) is 0 Å². The first kappa shape index (κ1) is 13.1. The highest BCUT2D eigenvalue weighted by molar-refractivity contribution is 5.39. The maximum atomic E-state index is 12.1. The molecular formula is C14H16N2O3. The van der Waals surface area contributed by atoms with Crippen LogP contribution in [0.1, 0.15) is 13.8 Å². The van der Waals surface area contributed by atoms with Crippen molar-refractivity contribution in [3.05, 3.63) is 47.0 Å². The molecule has 0 radical (unpaired) electrons. The van der Waals surface area contributed by atoms with Gasteiger partial charge in [0, 0.05) is 18.9 Å². The zero-order valence-corrected chi connectivity index (χ0v) is 10.9.